The van der Waals surface area contributed by atoms with E-state index in [-0.39, 0.29) is 19.3 Å². The Morgan fingerprint density at radius 2 is 2.05 bits per heavy atom. The van der Waals surface area contributed by atoms with Crippen LogP contribution >= 0.6 is 0 Å². The molecule has 3 N–H and O–H groups in total. The number of nitriles is 1. The monoisotopic (exact) mass is 264 g/mol. The third-order valence-corrected chi connectivity index (χ3v) is 2.78. The molecule has 5 nitrogen and oxygen atoms in total. The summed E-state index contributed by atoms with van der Waals surface area (Å²) in [6.07, 6.45) is 0.163. The maximum atomic E-state index is 9.73. The van der Waals surface area contributed by atoms with Gasteiger partial charge in [-0.15, -0.1) is 0 Å². The summed E-state index contributed by atoms with van der Waals surface area (Å²) in [5, 5.41) is 30.4. The Morgan fingerprint density at radius 3 is 2.58 bits per heavy atom. The van der Waals surface area contributed by atoms with Crippen molar-refractivity contribution < 1.29 is 14.9 Å². The molecule has 0 fully saturated rings. The Kier molecular flexibility index (Phi) is 6.90. The molecule has 0 spiro atoms. The topological polar surface area (TPSA) is 85.5 Å². The normalized spacial score (nSPS) is 13.6. The molecule has 1 aromatic carbocycles. The lowest BCUT2D eigenvalue weighted by Gasteiger charge is -2.17. The molecule has 104 valence electrons. The molecule has 5 heteroatoms. The van der Waals surface area contributed by atoms with E-state index in [4.69, 9.17) is 15.1 Å². The van der Waals surface area contributed by atoms with Crippen LogP contribution in [-0.2, 0) is 0 Å². The number of ether oxygens (including phenoxy) is 1. The van der Waals surface area contributed by atoms with Crippen LogP contribution in [-0.4, -0.2) is 42.1 Å². The summed E-state index contributed by atoms with van der Waals surface area (Å²) in [6.45, 7) is 2.56. The molecule has 0 amide bonds. The second kappa shape index (κ2) is 8.48. The molecular weight excluding hydrogens is 244 g/mol. The van der Waals surface area contributed by atoms with Gasteiger partial charge in [-0.25, -0.2) is 0 Å². The first-order valence-corrected chi connectivity index (χ1v) is 6.34. The van der Waals surface area contributed by atoms with Gasteiger partial charge in [0.05, 0.1) is 18.2 Å². The summed E-state index contributed by atoms with van der Waals surface area (Å²) in [7, 11) is 0. The number of benzene rings is 1. The Bertz CT molecular complexity index is 396. The first-order chi connectivity index (χ1) is 9.19. The van der Waals surface area contributed by atoms with Crippen LogP contribution in [0.5, 0.6) is 5.75 Å². The molecule has 0 aromatic heterocycles. The standard InChI is InChI=1S/C14H20N2O3/c1-2-12(9-17)16-8-13(18)10-19-14-5-3-11(7-15)4-6-14/h3-6,12-13,16-18H,2,8-10H2,1H3. The smallest absolute Gasteiger partial charge is 0.119 e. The second-order valence-corrected chi connectivity index (χ2v) is 4.30. The summed E-state index contributed by atoms with van der Waals surface area (Å²) in [6, 6.07) is 8.75. The minimum absolute atomic E-state index is 0.00422. The van der Waals surface area contributed by atoms with Gasteiger partial charge < -0.3 is 20.3 Å². The number of nitrogens with one attached hydrogen (secondary N) is 1. The fraction of sp³-hybridized carbons (Fsp3) is 0.500. The number of aliphatic hydroxyl groups excluding tert-OH is 2. The highest BCUT2D eigenvalue weighted by Crippen LogP contribution is 2.11. The van der Waals surface area contributed by atoms with Gasteiger partial charge in [-0.1, -0.05) is 6.92 Å². The van der Waals surface area contributed by atoms with E-state index >= 15 is 0 Å². The van der Waals surface area contributed by atoms with E-state index in [0.29, 0.717) is 17.9 Å². The van der Waals surface area contributed by atoms with Gasteiger partial charge in [-0.3, -0.25) is 0 Å². The Morgan fingerprint density at radius 1 is 1.37 bits per heavy atom. The molecule has 0 radical (unpaired) electrons. The quantitative estimate of drug-likeness (QED) is 0.642. The van der Waals surface area contributed by atoms with E-state index in [1.54, 1.807) is 24.3 Å². The van der Waals surface area contributed by atoms with Crippen molar-refractivity contribution in [3.8, 4) is 11.8 Å². The molecule has 0 aliphatic heterocycles. The van der Waals surface area contributed by atoms with E-state index in [0.717, 1.165) is 6.42 Å². The number of hydrogen-bond donors (Lipinski definition) is 3. The maximum absolute atomic E-state index is 9.73. The van der Waals surface area contributed by atoms with Gasteiger partial charge >= 0.3 is 0 Å². The van der Waals surface area contributed by atoms with Crippen molar-refractivity contribution in [1.82, 2.24) is 5.32 Å². The first kappa shape index (κ1) is 15.4. The summed E-state index contributed by atoms with van der Waals surface area (Å²) >= 11 is 0. The number of aliphatic hydroxyl groups is 2. The van der Waals surface area contributed by atoms with Crippen LogP contribution < -0.4 is 10.1 Å². The lowest BCUT2D eigenvalue weighted by molar-refractivity contribution is 0.0995. The summed E-state index contributed by atoms with van der Waals surface area (Å²) in [5.41, 5.74) is 0.572. The molecule has 0 aliphatic carbocycles. The Labute approximate surface area is 113 Å². The maximum Gasteiger partial charge on any atom is 0.119 e. The molecule has 2 unspecified atom stereocenters. The van der Waals surface area contributed by atoms with Crippen LogP contribution in [0.3, 0.4) is 0 Å². The highest BCUT2D eigenvalue weighted by atomic mass is 16.5. The average Bonchev–Trinajstić information content (AvgIpc) is 2.46. The second-order valence-electron chi connectivity index (χ2n) is 4.30. The van der Waals surface area contributed by atoms with Crippen molar-refractivity contribution in [3.05, 3.63) is 29.8 Å². The van der Waals surface area contributed by atoms with Crippen LogP contribution in [0.15, 0.2) is 24.3 Å². The fourth-order valence-corrected chi connectivity index (χ4v) is 1.52. The molecule has 0 saturated carbocycles. The van der Waals surface area contributed by atoms with Gasteiger partial charge in [0.25, 0.3) is 0 Å². The lowest BCUT2D eigenvalue weighted by atomic mass is 10.2. The minimum atomic E-state index is -0.642. The van der Waals surface area contributed by atoms with Gasteiger partial charge in [0.15, 0.2) is 0 Å². The zero-order valence-corrected chi connectivity index (χ0v) is 11.0. The van der Waals surface area contributed by atoms with Gasteiger partial charge in [-0.05, 0) is 30.7 Å². The zero-order valence-electron chi connectivity index (χ0n) is 11.0. The highest BCUT2D eigenvalue weighted by Gasteiger charge is 2.09. The van der Waals surface area contributed by atoms with Crippen LogP contribution in [0.4, 0.5) is 0 Å². The zero-order chi connectivity index (χ0) is 14.1. The lowest BCUT2D eigenvalue weighted by Crippen LogP contribution is -2.39. The van der Waals surface area contributed by atoms with Crippen LogP contribution in [0.1, 0.15) is 18.9 Å². The van der Waals surface area contributed by atoms with E-state index in [1.807, 2.05) is 13.0 Å². The molecule has 1 rings (SSSR count). The molecular formula is C14H20N2O3. The largest absolute Gasteiger partial charge is 0.491 e. The Balaban J connectivity index is 2.29. The predicted molar refractivity (Wildman–Crippen MR) is 71.8 cm³/mol. The van der Waals surface area contributed by atoms with Gasteiger partial charge in [0.2, 0.25) is 0 Å². The summed E-state index contributed by atoms with van der Waals surface area (Å²) in [4.78, 5) is 0. The van der Waals surface area contributed by atoms with E-state index in [1.165, 1.54) is 0 Å². The van der Waals surface area contributed by atoms with Gasteiger partial charge in [0.1, 0.15) is 18.5 Å². The first-order valence-electron chi connectivity index (χ1n) is 6.34. The van der Waals surface area contributed by atoms with Crippen molar-refractivity contribution in [2.24, 2.45) is 0 Å². The summed E-state index contributed by atoms with van der Waals surface area (Å²) in [5.74, 6) is 0.618. The number of rotatable bonds is 8. The average molecular weight is 264 g/mol. The van der Waals surface area contributed by atoms with E-state index in [2.05, 4.69) is 5.32 Å². The van der Waals surface area contributed by atoms with Crippen LogP contribution in [0, 0.1) is 11.3 Å². The van der Waals surface area contributed by atoms with Crippen LogP contribution in [0.2, 0.25) is 0 Å². The molecule has 0 bridgehead atoms. The SMILES string of the molecule is CCC(CO)NCC(O)COc1ccc(C#N)cc1. The molecule has 19 heavy (non-hydrogen) atoms. The van der Waals surface area contributed by atoms with Crippen molar-refractivity contribution >= 4 is 0 Å². The van der Waals surface area contributed by atoms with Crippen molar-refractivity contribution in [3.63, 3.8) is 0 Å². The highest BCUT2D eigenvalue weighted by molar-refractivity contribution is 5.34. The van der Waals surface area contributed by atoms with Crippen molar-refractivity contribution in [2.75, 3.05) is 19.8 Å². The van der Waals surface area contributed by atoms with Gasteiger partial charge in [-0.2, -0.15) is 5.26 Å². The molecule has 0 saturated heterocycles. The molecule has 0 heterocycles. The van der Waals surface area contributed by atoms with Gasteiger partial charge in [0, 0.05) is 12.6 Å². The van der Waals surface area contributed by atoms with Crippen molar-refractivity contribution in [2.45, 2.75) is 25.5 Å². The third-order valence-electron chi connectivity index (χ3n) is 2.78. The predicted octanol–water partition coefficient (Wildman–Crippen LogP) is 0.658. The molecule has 0 aliphatic rings. The number of hydrogen-bond acceptors (Lipinski definition) is 5. The van der Waals surface area contributed by atoms with E-state index in [9.17, 15) is 5.11 Å². The fourth-order valence-electron chi connectivity index (χ4n) is 1.52. The summed E-state index contributed by atoms with van der Waals surface area (Å²) < 4.78 is 5.40. The molecule has 1 aromatic rings. The third kappa shape index (κ3) is 5.71. The van der Waals surface area contributed by atoms with E-state index < -0.39 is 6.10 Å². The van der Waals surface area contributed by atoms with Crippen molar-refractivity contribution in [1.29, 1.82) is 5.26 Å². The Hall–Kier alpha value is -1.61. The minimum Gasteiger partial charge on any atom is -0.491 e. The number of nitrogens with zero attached hydrogens (tertiary/aromatic N) is 1. The molecule has 2 atom stereocenters. The van der Waals surface area contributed by atoms with Crippen LogP contribution in [0.25, 0.3) is 0 Å².